The van der Waals surface area contributed by atoms with Crippen LogP contribution in [-0.4, -0.2) is 60.5 Å². The highest BCUT2D eigenvalue weighted by Crippen LogP contribution is 2.14. The van der Waals surface area contributed by atoms with Gasteiger partial charge in [0.1, 0.15) is 5.01 Å². The molecule has 1 aliphatic heterocycles. The second-order valence-electron chi connectivity index (χ2n) is 5.19. The highest BCUT2D eigenvalue weighted by atomic mass is 32.1. The van der Waals surface area contributed by atoms with Gasteiger partial charge in [0.05, 0.1) is 6.54 Å². The van der Waals surface area contributed by atoms with Crippen molar-refractivity contribution in [3.63, 3.8) is 0 Å². The van der Waals surface area contributed by atoms with Crippen LogP contribution < -0.4 is 5.32 Å². The van der Waals surface area contributed by atoms with Crippen LogP contribution in [0.15, 0.2) is 6.20 Å². The van der Waals surface area contributed by atoms with Crippen LogP contribution >= 0.6 is 11.3 Å². The van der Waals surface area contributed by atoms with E-state index in [0.717, 1.165) is 50.7 Å². The molecule has 112 valence electrons. The maximum Gasteiger partial charge on any atom is 0.223 e. The smallest absolute Gasteiger partial charge is 0.223 e. The Bertz CT molecular complexity index is 429. The molecule has 0 bridgehead atoms. The van der Waals surface area contributed by atoms with Gasteiger partial charge >= 0.3 is 0 Å². The molecule has 1 fully saturated rings. The molecule has 5 nitrogen and oxygen atoms in total. The molecule has 0 radical (unpaired) electrons. The molecule has 0 spiro atoms. The number of aromatic nitrogens is 1. The van der Waals surface area contributed by atoms with Crippen molar-refractivity contribution >= 4 is 17.2 Å². The zero-order valence-electron chi connectivity index (χ0n) is 12.4. The lowest BCUT2D eigenvalue weighted by molar-refractivity contribution is -0.132. The SMILES string of the molecule is CCc1cnc(CN(C)CCC(=O)N2CCNCC2)s1. The summed E-state index contributed by atoms with van der Waals surface area (Å²) in [6.07, 6.45) is 3.60. The number of nitrogens with zero attached hydrogens (tertiary/aromatic N) is 3. The van der Waals surface area contributed by atoms with Gasteiger partial charge in [0, 0.05) is 50.2 Å². The standard InChI is InChI=1S/C14H24N4OS/c1-3-12-10-16-13(20-12)11-17(2)7-4-14(19)18-8-5-15-6-9-18/h10,15H,3-9,11H2,1-2H3. The lowest BCUT2D eigenvalue weighted by Gasteiger charge is -2.28. The van der Waals surface area contributed by atoms with Crippen LogP contribution in [0.4, 0.5) is 0 Å². The average molecular weight is 296 g/mol. The first-order valence-electron chi connectivity index (χ1n) is 7.29. The van der Waals surface area contributed by atoms with Crippen molar-refractivity contribution in [2.45, 2.75) is 26.3 Å². The Balaban J connectivity index is 1.71. The predicted molar refractivity (Wildman–Crippen MR) is 81.9 cm³/mol. The Morgan fingerprint density at radius 2 is 2.25 bits per heavy atom. The van der Waals surface area contributed by atoms with Crippen molar-refractivity contribution in [1.82, 2.24) is 20.1 Å². The second kappa shape index (κ2) is 7.71. The van der Waals surface area contributed by atoms with Crippen LogP contribution in [0.25, 0.3) is 0 Å². The molecule has 1 aliphatic rings. The minimum Gasteiger partial charge on any atom is -0.340 e. The first-order valence-corrected chi connectivity index (χ1v) is 8.11. The summed E-state index contributed by atoms with van der Waals surface area (Å²) >= 11 is 1.77. The minimum atomic E-state index is 0.270. The summed E-state index contributed by atoms with van der Waals surface area (Å²) in [6, 6.07) is 0. The van der Waals surface area contributed by atoms with Gasteiger partial charge in [-0.2, -0.15) is 0 Å². The summed E-state index contributed by atoms with van der Waals surface area (Å²) < 4.78 is 0. The molecule has 6 heteroatoms. The third kappa shape index (κ3) is 4.54. The fourth-order valence-corrected chi connectivity index (χ4v) is 3.20. The third-order valence-corrected chi connectivity index (χ3v) is 4.66. The van der Waals surface area contributed by atoms with Crippen molar-refractivity contribution in [2.75, 3.05) is 39.8 Å². The summed E-state index contributed by atoms with van der Waals surface area (Å²) in [5.74, 6) is 0.270. The fourth-order valence-electron chi connectivity index (χ4n) is 2.25. The minimum absolute atomic E-state index is 0.270. The van der Waals surface area contributed by atoms with E-state index in [1.165, 1.54) is 4.88 Å². The summed E-state index contributed by atoms with van der Waals surface area (Å²) in [7, 11) is 2.05. The topological polar surface area (TPSA) is 48.5 Å². The Labute approximate surface area is 125 Å². The van der Waals surface area contributed by atoms with Crippen LogP contribution in [0.3, 0.4) is 0 Å². The Morgan fingerprint density at radius 3 is 2.90 bits per heavy atom. The molecule has 0 atom stereocenters. The van der Waals surface area contributed by atoms with Crippen molar-refractivity contribution < 1.29 is 4.79 Å². The molecule has 1 aromatic rings. The number of amides is 1. The van der Waals surface area contributed by atoms with E-state index < -0.39 is 0 Å². The van der Waals surface area contributed by atoms with Crippen molar-refractivity contribution in [2.24, 2.45) is 0 Å². The highest BCUT2D eigenvalue weighted by Gasteiger charge is 2.16. The Morgan fingerprint density at radius 1 is 1.50 bits per heavy atom. The van der Waals surface area contributed by atoms with Crippen molar-refractivity contribution in [3.8, 4) is 0 Å². The molecular weight excluding hydrogens is 272 g/mol. The van der Waals surface area contributed by atoms with Crippen molar-refractivity contribution in [3.05, 3.63) is 16.1 Å². The highest BCUT2D eigenvalue weighted by molar-refractivity contribution is 7.11. The number of carbonyl (C=O) groups excluding carboxylic acids is 1. The van der Waals surface area contributed by atoms with E-state index in [1.54, 1.807) is 11.3 Å². The molecule has 1 aromatic heterocycles. The number of thiazole rings is 1. The van der Waals surface area contributed by atoms with Gasteiger partial charge in [0.2, 0.25) is 5.91 Å². The first kappa shape index (κ1) is 15.4. The van der Waals surface area contributed by atoms with Gasteiger partial charge in [-0.15, -0.1) is 11.3 Å². The molecule has 0 aromatic carbocycles. The lowest BCUT2D eigenvalue weighted by atomic mass is 10.3. The summed E-state index contributed by atoms with van der Waals surface area (Å²) in [5.41, 5.74) is 0. The van der Waals surface area contributed by atoms with Crippen LogP contribution in [0.1, 0.15) is 23.2 Å². The maximum atomic E-state index is 12.1. The average Bonchev–Trinajstić information content (AvgIpc) is 2.93. The third-order valence-electron chi connectivity index (χ3n) is 3.53. The first-order chi connectivity index (χ1) is 9.69. The summed E-state index contributed by atoms with van der Waals surface area (Å²) in [4.78, 5) is 21.9. The van der Waals surface area contributed by atoms with E-state index in [1.807, 2.05) is 11.1 Å². The molecule has 1 amide bonds. The van der Waals surface area contributed by atoms with Crippen LogP contribution in [0, 0.1) is 0 Å². The number of hydrogen-bond acceptors (Lipinski definition) is 5. The molecule has 1 N–H and O–H groups in total. The lowest BCUT2D eigenvalue weighted by Crippen LogP contribution is -2.47. The van der Waals surface area contributed by atoms with Crippen LogP contribution in [-0.2, 0) is 17.8 Å². The number of carbonyl (C=O) groups is 1. The number of aryl methyl sites for hydroxylation is 1. The number of rotatable bonds is 6. The summed E-state index contributed by atoms with van der Waals surface area (Å²) in [5, 5.41) is 4.40. The van der Waals surface area contributed by atoms with E-state index >= 15 is 0 Å². The molecule has 2 heterocycles. The van der Waals surface area contributed by atoms with Gasteiger partial charge in [-0.05, 0) is 13.5 Å². The molecule has 20 heavy (non-hydrogen) atoms. The molecular formula is C14H24N4OS. The Hall–Kier alpha value is -0.980. The van der Waals surface area contributed by atoms with Crippen molar-refractivity contribution in [1.29, 1.82) is 0 Å². The number of piperazine rings is 1. The molecule has 2 rings (SSSR count). The largest absolute Gasteiger partial charge is 0.340 e. The number of nitrogens with one attached hydrogen (secondary N) is 1. The molecule has 0 aliphatic carbocycles. The van der Waals surface area contributed by atoms with Gasteiger partial charge < -0.3 is 10.2 Å². The number of hydrogen-bond donors (Lipinski definition) is 1. The fraction of sp³-hybridized carbons (Fsp3) is 0.714. The Kier molecular flexibility index (Phi) is 5.94. The van der Waals surface area contributed by atoms with E-state index in [2.05, 4.69) is 29.2 Å². The summed E-state index contributed by atoms with van der Waals surface area (Å²) in [6.45, 7) is 7.29. The zero-order chi connectivity index (χ0) is 14.4. The van der Waals surface area contributed by atoms with E-state index in [0.29, 0.717) is 6.42 Å². The van der Waals surface area contributed by atoms with Gasteiger partial charge in [-0.25, -0.2) is 4.98 Å². The van der Waals surface area contributed by atoms with E-state index in [-0.39, 0.29) is 5.91 Å². The molecule has 0 saturated carbocycles. The van der Waals surface area contributed by atoms with E-state index in [9.17, 15) is 4.79 Å². The maximum absolute atomic E-state index is 12.1. The monoisotopic (exact) mass is 296 g/mol. The predicted octanol–water partition coefficient (Wildman–Crippen LogP) is 0.959. The van der Waals surface area contributed by atoms with Gasteiger partial charge in [0.25, 0.3) is 0 Å². The van der Waals surface area contributed by atoms with Gasteiger partial charge in [-0.1, -0.05) is 6.92 Å². The van der Waals surface area contributed by atoms with Crippen LogP contribution in [0.2, 0.25) is 0 Å². The molecule has 1 saturated heterocycles. The van der Waals surface area contributed by atoms with E-state index in [4.69, 9.17) is 0 Å². The normalized spacial score (nSPS) is 15.8. The zero-order valence-corrected chi connectivity index (χ0v) is 13.2. The molecule has 0 unspecified atom stereocenters. The quantitative estimate of drug-likeness (QED) is 0.849. The second-order valence-corrected chi connectivity index (χ2v) is 6.39. The van der Waals surface area contributed by atoms with Gasteiger partial charge in [0.15, 0.2) is 0 Å². The van der Waals surface area contributed by atoms with Gasteiger partial charge in [-0.3, -0.25) is 9.69 Å². The van der Waals surface area contributed by atoms with Crippen LogP contribution in [0.5, 0.6) is 0 Å².